The maximum atomic E-state index is 12.9. The summed E-state index contributed by atoms with van der Waals surface area (Å²) in [5.41, 5.74) is 0.424. The number of nitriles is 1. The Morgan fingerprint density at radius 3 is 2.58 bits per heavy atom. The number of benzene rings is 2. The van der Waals surface area contributed by atoms with Gasteiger partial charge < -0.3 is 15.0 Å². The summed E-state index contributed by atoms with van der Waals surface area (Å²) in [4.78, 5) is 16.5. The van der Waals surface area contributed by atoms with Crippen molar-refractivity contribution in [1.29, 1.82) is 5.26 Å². The van der Waals surface area contributed by atoms with Crippen LogP contribution in [-0.4, -0.2) is 56.2 Å². The van der Waals surface area contributed by atoms with Crippen molar-refractivity contribution >= 4 is 11.6 Å². The number of carbonyl (C=O) groups excluding carboxylic acids is 1. The van der Waals surface area contributed by atoms with Crippen molar-refractivity contribution in [2.45, 2.75) is 25.6 Å². The minimum absolute atomic E-state index is 0.230. The van der Waals surface area contributed by atoms with Crippen LogP contribution in [0.25, 0.3) is 0 Å². The van der Waals surface area contributed by atoms with E-state index in [2.05, 4.69) is 10.2 Å². The standard InChI is InChI=1S/C24H27F3N4O2/c1-18(33-22-8-2-5-19(15-22)17-28)23(32)29-9-4-10-30-11-13-31(14-12-30)21-7-3-6-20(16-21)24(25,26)27/h2-3,5-8,15-16,18H,4,9-14H2,1H3,(H,29,32). The Morgan fingerprint density at radius 1 is 1.15 bits per heavy atom. The number of anilines is 1. The number of nitrogens with one attached hydrogen (secondary N) is 1. The zero-order chi connectivity index (χ0) is 23.8. The molecular weight excluding hydrogens is 433 g/mol. The van der Waals surface area contributed by atoms with Crippen LogP contribution in [0, 0.1) is 11.3 Å². The molecule has 0 aromatic heterocycles. The van der Waals surface area contributed by atoms with Gasteiger partial charge in [0, 0.05) is 38.4 Å². The van der Waals surface area contributed by atoms with Crippen molar-refractivity contribution in [3.05, 3.63) is 59.7 Å². The molecule has 1 heterocycles. The number of nitrogens with zero attached hydrogens (tertiary/aromatic N) is 3. The van der Waals surface area contributed by atoms with Crippen LogP contribution in [0.1, 0.15) is 24.5 Å². The Labute approximate surface area is 191 Å². The van der Waals surface area contributed by atoms with Crippen LogP contribution < -0.4 is 15.0 Å². The van der Waals surface area contributed by atoms with Crippen LogP contribution in [0.2, 0.25) is 0 Å². The number of halogens is 3. The first kappa shape index (κ1) is 24.4. The number of ether oxygens (including phenoxy) is 1. The molecule has 2 aromatic rings. The predicted molar refractivity (Wildman–Crippen MR) is 119 cm³/mol. The van der Waals surface area contributed by atoms with E-state index in [4.69, 9.17) is 10.00 Å². The van der Waals surface area contributed by atoms with Crippen molar-refractivity contribution in [2.24, 2.45) is 0 Å². The van der Waals surface area contributed by atoms with Gasteiger partial charge >= 0.3 is 6.18 Å². The molecule has 33 heavy (non-hydrogen) atoms. The van der Waals surface area contributed by atoms with Crippen LogP contribution in [0.5, 0.6) is 5.75 Å². The third-order valence-electron chi connectivity index (χ3n) is 5.51. The first-order valence-electron chi connectivity index (χ1n) is 10.9. The second-order valence-electron chi connectivity index (χ2n) is 7.92. The molecule has 1 atom stereocenters. The number of rotatable bonds is 8. The lowest BCUT2D eigenvalue weighted by atomic mass is 10.1. The van der Waals surface area contributed by atoms with Gasteiger partial charge in [0.15, 0.2) is 6.10 Å². The molecule has 0 saturated carbocycles. The summed E-state index contributed by atoms with van der Waals surface area (Å²) in [5.74, 6) is 0.238. The van der Waals surface area contributed by atoms with Crippen molar-refractivity contribution in [1.82, 2.24) is 10.2 Å². The van der Waals surface area contributed by atoms with E-state index in [1.807, 2.05) is 11.0 Å². The van der Waals surface area contributed by atoms with E-state index in [9.17, 15) is 18.0 Å². The van der Waals surface area contributed by atoms with E-state index < -0.39 is 17.8 Å². The van der Waals surface area contributed by atoms with Gasteiger partial charge in [-0.15, -0.1) is 0 Å². The average Bonchev–Trinajstić information content (AvgIpc) is 2.81. The number of amides is 1. The van der Waals surface area contributed by atoms with E-state index in [0.717, 1.165) is 32.1 Å². The normalized spacial score (nSPS) is 15.5. The summed E-state index contributed by atoms with van der Waals surface area (Å²) >= 11 is 0. The first-order valence-corrected chi connectivity index (χ1v) is 10.9. The van der Waals surface area contributed by atoms with Crippen LogP contribution in [0.15, 0.2) is 48.5 Å². The molecule has 2 aromatic carbocycles. The number of alkyl halides is 3. The highest BCUT2D eigenvalue weighted by atomic mass is 19.4. The lowest BCUT2D eigenvalue weighted by Gasteiger charge is -2.36. The Kier molecular flexibility index (Phi) is 8.17. The highest BCUT2D eigenvalue weighted by molar-refractivity contribution is 5.80. The Hall–Kier alpha value is -3.25. The number of piperazine rings is 1. The van der Waals surface area contributed by atoms with E-state index >= 15 is 0 Å². The fourth-order valence-electron chi connectivity index (χ4n) is 3.66. The van der Waals surface area contributed by atoms with E-state index in [1.54, 1.807) is 37.3 Å². The van der Waals surface area contributed by atoms with E-state index in [0.29, 0.717) is 36.6 Å². The van der Waals surface area contributed by atoms with Gasteiger partial charge in [-0.05, 0) is 56.3 Å². The van der Waals surface area contributed by atoms with Crippen molar-refractivity contribution in [2.75, 3.05) is 44.2 Å². The average molecular weight is 461 g/mol. The molecule has 0 radical (unpaired) electrons. The van der Waals surface area contributed by atoms with Gasteiger partial charge in [0.2, 0.25) is 0 Å². The third kappa shape index (κ3) is 7.12. The zero-order valence-electron chi connectivity index (χ0n) is 18.4. The maximum Gasteiger partial charge on any atom is 0.416 e. The van der Waals surface area contributed by atoms with Gasteiger partial charge in [-0.25, -0.2) is 0 Å². The largest absolute Gasteiger partial charge is 0.481 e. The molecule has 0 bridgehead atoms. The van der Waals surface area contributed by atoms with Gasteiger partial charge in [-0.3, -0.25) is 9.69 Å². The second kappa shape index (κ2) is 11.1. The Bertz CT molecular complexity index is 982. The zero-order valence-corrected chi connectivity index (χ0v) is 18.4. The molecule has 3 rings (SSSR count). The van der Waals surface area contributed by atoms with E-state index in [1.165, 1.54) is 12.1 Å². The molecule has 9 heteroatoms. The molecule has 176 valence electrons. The summed E-state index contributed by atoms with van der Waals surface area (Å²) in [6.45, 7) is 5.74. The summed E-state index contributed by atoms with van der Waals surface area (Å²) in [7, 11) is 0. The van der Waals surface area contributed by atoms with Crippen LogP contribution >= 0.6 is 0 Å². The first-order chi connectivity index (χ1) is 15.8. The SMILES string of the molecule is CC(Oc1cccc(C#N)c1)C(=O)NCCCN1CCN(c2cccc(C(F)(F)F)c2)CC1. The highest BCUT2D eigenvalue weighted by Crippen LogP contribution is 2.31. The fourth-order valence-corrected chi connectivity index (χ4v) is 3.66. The summed E-state index contributed by atoms with van der Waals surface area (Å²) in [5, 5.41) is 11.8. The lowest BCUT2D eigenvalue weighted by molar-refractivity contribution is -0.137. The van der Waals surface area contributed by atoms with Crippen molar-refractivity contribution < 1.29 is 22.7 Å². The van der Waals surface area contributed by atoms with Crippen LogP contribution in [0.4, 0.5) is 18.9 Å². The van der Waals surface area contributed by atoms with Gasteiger partial charge in [0.1, 0.15) is 5.75 Å². The second-order valence-corrected chi connectivity index (χ2v) is 7.92. The van der Waals surface area contributed by atoms with Gasteiger partial charge in [-0.2, -0.15) is 18.4 Å². The monoisotopic (exact) mass is 460 g/mol. The lowest BCUT2D eigenvalue weighted by Crippen LogP contribution is -2.47. The van der Waals surface area contributed by atoms with Gasteiger partial charge in [0.05, 0.1) is 17.2 Å². The molecular formula is C24H27F3N4O2. The highest BCUT2D eigenvalue weighted by Gasteiger charge is 2.31. The maximum absolute atomic E-state index is 12.9. The minimum atomic E-state index is -4.34. The van der Waals surface area contributed by atoms with E-state index in [-0.39, 0.29) is 5.91 Å². The quantitative estimate of drug-likeness (QED) is 0.609. The predicted octanol–water partition coefficient (Wildman–Crippen LogP) is 3.67. The molecule has 6 nitrogen and oxygen atoms in total. The number of hydrogen-bond donors (Lipinski definition) is 1. The topological polar surface area (TPSA) is 68.6 Å². The molecule has 0 spiro atoms. The van der Waals surface area contributed by atoms with Crippen LogP contribution in [0.3, 0.4) is 0 Å². The minimum Gasteiger partial charge on any atom is -0.481 e. The molecule has 1 saturated heterocycles. The Morgan fingerprint density at radius 2 is 1.88 bits per heavy atom. The molecule has 1 fully saturated rings. The van der Waals surface area contributed by atoms with Crippen molar-refractivity contribution in [3.8, 4) is 11.8 Å². The Balaban J connectivity index is 1.36. The molecule has 1 aliphatic heterocycles. The van der Waals surface area contributed by atoms with Crippen LogP contribution in [-0.2, 0) is 11.0 Å². The number of hydrogen-bond acceptors (Lipinski definition) is 5. The molecule has 1 amide bonds. The fraction of sp³-hybridized carbons (Fsp3) is 0.417. The summed E-state index contributed by atoms with van der Waals surface area (Å²) in [6, 6.07) is 14.1. The third-order valence-corrected chi connectivity index (χ3v) is 5.51. The van der Waals surface area contributed by atoms with Gasteiger partial charge in [-0.1, -0.05) is 12.1 Å². The smallest absolute Gasteiger partial charge is 0.416 e. The molecule has 0 aliphatic carbocycles. The number of carbonyl (C=O) groups is 1. The van der Waals surface area contributed by atoms with Crippen molar-refractivity contribution in [3.63, 3.8) is 0 Å². The van der Waals surface area contributed by atoms with Gasteiger partial charge in [0.25, 0.3) is 5.91 Å². The molecule has 1 aliphatic rings. The molecule has 1 N–H and O–H groups in total. The molecule has 1 unspecified atom stereocenters. The summed E-state index contributed by atoms with van der Waals surface area (Å²) < 4.78 is 44.4. The summed E-state index contributed by atoms with van der Waals surface area (Å²) in [6.07, 6.45) is -4.27.